The van der Waals surface area contributed by atoms with Crippen molar-refractivity contribution >= 4 is 41.9 Å². The van der Waals surface area contributed by atoms with Crippen LogP contribution in [0, 0.1) is 41.5 Å². The van der Waals surface area contributed by atoms with Crippen LogP contribution in [0.15, 0.2) is 83.9 Å². The number of aliphatic imine (C=N–C) groups is 1. The quantitative estimate of drug-likeness (QED) is 0.217. The van der Waals surface area contributed by atoms with Crippen molar-refractivity contribution in [2.45, 2.75) is 41.5 Å². The summed E-state index contributed by atoms with van der Waals surface area (Å²) < 4.78 is 2.34. The highest BCUT2D eigenvalue weighted by Crippen LogP contribution is 2.36. The standard InChI is InChI=1S/C36H33BN3/c1-21-15-23(3)35(24(4)16-21)29-7-11-31-27(19-29)9-13-33-38-34-14-10-28-20-30(8-12-32(28)40(34)37-39(31)33)36-25(5)17-22(2)18-26(36)6/h7-20,37H,1-6H3/q+1. The summed E-state index contributed by atoms with van der Waals surface area (Å²) >= 11 is 0. The van der Waals surface area contributed by atoms with Crippen molar-refractivity contribution in [1.82, 2.24) is 0 Å². The summed E-state index contributed by atoms with van der Waals surface area (Å²) in [6, 6.07) is 27.2. The van der Waals surface area contributed by atoms with Crippen molar-refractivity contribution in [1.29, 1.82) is 0 Å². The molecule has 4 aromatic carbocycles. The Balaban J connectivity index is 1.29. The van der Waals surface area contributed by atoms with Gasteiger partial charge in [0.05, 0.1) is 0 Å². The Labute approximate surface area is 237 Å². The SMILES string of the molecule is Cc1cc(C)c(-c2ccc3c(c2)C=CC2=Nc4ccc5cc(-c6c(C)cc(C)cc6C)ccc5[n+]4BN23)c(C)c1. The number of fused-ring (bicyclic) bond motifs is 6. The Bertz CT molecular complexity index is 1900. The smallest absolute Gasteiger partial charge is 0.309 e. The zero-order valence-corrected chi connectivity index (χ0v) is 24.1. The Morgan fingerprint density at radius 3 is 1.88 bits per heavy atom. The molecular formula is C36H33BN3+. The molecule has 3 nitrogen and oxygen atoms in total. The fourth-order valence-electron chi connectivity index (χ4n) is 6.96. The highest BCUT2D eigenvalue weighted by atomic mass is 15.3. The molecule has 40 heavy (non-hydrogen) atoms. The van der Waals surface area contributed by atoms with Gasteiger partial charge in [-0.3, -0.25) is 4.48 Å². The van der Waals surface area contributed by atoms with Gasteiger partial charge in [-0.1, -0.05) is 47.5 Å². The van der Waals surface area contributed by atoms with E-state index in [1.807, 2.05) is 0 Å². The first-order valence-electron chi connectivity index (χ1n) is 14.1. The summed E-state index contributed by atoms with van der Waals surface area (Å²) in [6.45, 7) is 13.2. The van der Waals surface area contributed by atoms with Crippen LogP contribution in [-0.4, -0.2) is 13.4 Å². The minimum absolute atomic E-state index is 0.729. The molecule has 0 radical (unpaired) electrons. The Morgan fingerprint density at radius 1 is 0.625 bits per heavy atom. The molecule has 5 aromatic rings. The minimum atomic E-state index is 0.729. The third-order valence-electron chi connectivity index (χ3n) is 8.46. The number of rotatable bonds is 2. The van der Waals surface area contributed by atoms with Crippen LogP contribution in [-0.2, 0) is 0 Å². The van der Waals surface area contributed by atoms with Gasteiger partial charge < -0.3 is 4.81 Å². The second-order valence-electron chi connectivity index (χ2n) is 11.6. The molecule has 4 heteroatoms. The van der Waals surface area contributed by atoms with Gasteiger partial charge in [-0.15, -0.1) is 0 Å². The molecule has 194 valence electrons. The lowest BCUT2D eigenvalue weighted by Crippen LogP contribution is -2.57. The summed E-state index contributed by atoms with van der Waals surface area (Å²) in [7, 11) is 0.729. The molecule has 7 rings (SSSR count). The number of hydrogen-bond acceptors (Lipinski definition) is 2. The average molecular weight is 518 g/mol. The molecule has 1 aromatic heterocycles. The van der Waals surface area contributed by atoms with Crippen molar-refractivity contribution in [3.63, 3.8) is 0 Å². The van der Waals surface area contributed by atoms with Crippen molar-refractivity contribution in [3.05, 3.63) is 118 Å². The van der Waals surface area contributed by atoms with Gasteiger partial charge >= 0.3 is 13.4 Å². The second kappa shape index (κ2) is 9.06. The first kappa shape index (κ1) is 24.6. The molecule has 0 saturated heterocycles. The molecule has 3 heterocycles. The molecule has 2 aliphatic heterocycles. The van der Waals surface area contributed by atoms with E-state index in [9.17, 15) is 0 Å². The summed E-state index contributed by atoms with van der Waals surface area (Å²) in [5.74, 6) is 1.98. The summed E-state index contributed by atoms with van der Waals surface area (Å²) in [4.78, 5) is 7.41. The number of benzene rings is 4. The highest BCUT2D eigenvalue weighted by molar-refractivity contribution is 6.46. The fraction of sp³-hybridized carbons (Fsp3) is 0.167. The molecular weight excluding hydrogens is 485 g/mol. The normalized spacial score (nSPS) is 13.4. The van der Waals surface area contributed by atoms with E-state index in [0.717, 1.165) is 19.2 Å². The van der Waals surface area contributed by atoms with Gasteiger partial charge in [0, 0.05) is 23.2 Å². The highest BCUT2D eigenvalue weighted by Gasteiger charge is 2.33. The van der Waals surface area contributed by atoms with Gasteiger partial charge in [0.2, 0.25) is 5.84 Å². The van der Waals surface area contributed by atoms with E-state index in [-0.39, 0.29) is 0 Å². The zero-order valence-electron chi connectivity index (χ0n) is 24.1. The summed E-state index contributed by atoms with van der Waals surface area (Å²) in [6.07, 6.45) is 4.36. The maximum atomic E-state index is 5.07. The molecule has 0 unspecified atom stereocenters. The van der Waals surface area contributed by atoms with Crippen LogP contribution < -0.4 is 9.29 Å². The lowest BCUT2D eigenvalue weighted by Gasteiger charge is -2.28. The number of amidine groups is 1. The Hall–Kier alpha value is -4.44. The Kier molecular flexibility index (Phi) is 5.57. The maximum Gasteiger partial charge on any atom is 0.491 e. The van der Waals surface area contributed by atoms with Crippen LogP contribution in [0.4, 0.5) is 11.5 Å². The fourth-order valence-corrected chi connectivity index (χ4v) is 6.96. The molecule has 0 aliphatic carbocycles. The topological polar surface area (TPSA) is 19.5 Å². The van der Waals surface area contributed by atoms with E-state index < -0.39 is 0 Å². The van der Waals surface area contributed by atoms with Crippen LogP contribution in [0.3, 0.4) is 0 Å². The zero-order chi connectivity index (χ0) is 27.7. The van der Waals surface area contributed by atoms with E-state index in [1.165, 1.54) is 77.8 Å². The van der Waals surface area contributed by atoms with Gasteiger partial charge in [-0.2, -0.15) is 0 Å². The summed E-state index contributed by atoms with van der Waals surface area (Å²) in [5, 5.41) is 1.23. The van der Waals surface area contributed by atoms with Crippen molar-refractivity contribution < 1.29 is 4.48 Å². The van der Waals surface area contributed by atoms with E-state index in [4.69, 9.17) is 4.99 Å². The first-order valence-corrected chi connectivity index (χ1v) is 14.1. The van der Waals surface area contributed by atoms with E-state index >= 15 is 0 Å². The molecule has 0 atom stereocenters. The van der Waals surface area contributed by atoms with Gasteiger partial charge in [0.1, 0.15) is 5.52 Å². The van der Waals surface area contributed by atoms with Gasteiger partial charge in [-0.05, 0) is 133 Å². The number of hydrogen-bond donors (Lipinski definition) is 0. The third kappa shape index (κ3) is 3.90. The molecule has 0 spiro atoms. The van der Waals surface area contributed by atoms with Crippen LogP contribution in [0.1, 0.15) is 38.9 Å². The van der Waals surface area contributed by atoms with E-state index in [2.05, 4.69) is 136 Å². The molecule has 0 N–H and O–H groups in total. The Morgan fingerprint density at radius 2 is 1.23 bits per heavy atom. The minimum Gasteiger partial charge on any atom is -0.309 e. The van der Waals surface area contributed by atoms with E-state index in [0.29, 0.717) is 0 Å². The molecule has 0 saturated carbocycles. The van der Waals surface area contributed by atoms with Crippen LogP contribution >= 0.6 is 0 Å². The van der Waals surface area contributed by atoms with Crippen LogP contribution in [0.25, 0.3) is 39.2 Å². The molecule has 0 fully saturated rings. The number of pyridine rings is 1. The lowest BCUT2D eigenvalue weighted by molar-refractivity contribution is -0.485. The van der Waals surface area contributed by atoms with Gasteiger partial charge in [0.25, 0.3) is 0 Å². The van der Waals surface area contributed by atoms with Crippen molar-refractivity contribution in [2.24, 2.45) is 4.99 Å². The van der Waals surface area contributed by atoms with Gasteiger partial charge in [-0.25, -0.2) is 0 Å². The predicted octanol–water partition coefficient (Wildman–Crippen LogP) is 8.00. The first-order chi connectivity index (χ1) is 19.3. The largest absolute Gasteiger partial charge is 0.491 e. The average Bonchev–Trinajstić information content (AvgIpc) is 2.90. The summed E-state index contributed by atoms with van der Waals surface area (Å²) in [5.41, 5.74) is 16.7. The van der Waals surface area contributed by atoms with Crippen LogP contribution in [0.2, 0.25) is 0 Å². The second-order valence-corrected chi connectivity index (χ2v) is 11.6. The number of nitrogens with zero attached hydrogens (tertiary/aromatic N) is 3. The third-order valence-corrected chi connectivity index (χ3v) is 8.46. The van der Waals surface area contributed by atoms with Crippen LogP contribution in [0.5, 0.6) is 0 Å². The van der Waals surface area contributed by atoms with Gasteiger partial charge in [0.15, 0.2) is 0 Å². The van der Waals surface area contributed by atoms with Crippen molar-refractivity contribution in [2.75, 3.05) is 4.81 Å². The maximum absolute atomic E-state index is 5.07. The van der Waals surface area contributed by atoms with E-state index in [1.54, 1.807) is 0 Å². The number of aromatic nitrogens is 1. The predicted molar refractivity (Wildman–Crippen MR) is 171 cm³/mol. The van der Waals surface area contributed by atoms with Crippen molar-refractivity contribution in [3.8, 4) is 22.3 Å². The number of anilines is 1. The molecule has 0 amide bonds. The number of aryl methyl sites for hydroxylation is 6. The lowest BCUT2D eigenvalue weighted by atomic mass is 9.89. The molecule has 2 aliphatic rings. The monoisotopic (exact) mass is 518 g/mol. The molecule has 0 bridgehead atoms.